The summed E-state index contributed by atoms with van der Waals surface area (Å²) in [6.07, 6.45) is 1.36. The highest BCUT2D eigenvalue weighted by molar-refractivity contribution is 7.78. The zero-order valence-electron chi connectivity index (χ0n) is 6.84. The average Bonchev–Trinajstić information content (AvgIpc) is 2.09. The molecule has 2 nitrogen and oxygen atoms in total. The van der Waals surface area contributed by atoms with E-state index in [0.717, 1.165) is 0 Å². The van der Waals surface area contributed by atoms with E-state index in [1.54, 1.807) is 6.92 Å². The third-order valence-electron chi connectivity index (χ3n) is 1.28. The Hall–Kier alpha value is -1.56. The van der Waals surface area contributed by atoms with E-state index >= 15 is 0 Å². The maximum absolute atomic E-state index is 13.0. The van der Waals surface area contributed by atoms with Crippen LogP contribution in [0.3, 0.4) is 0 Å². The first-order valence-electron chi connectivity index (χ1n) is 3.44. The van der Waals surface area contributed by atoms with Gasteiger partial charge in [0.05, 0.1) is 16.8 Å². The normalized spacial score (nSPS) is 8.15. The van der Waals surface area contributed by atoms with Crippen LogP contribution in [-0.2, 0) is 0 Å². The van der Waals surface area contributed by atoms with Crippen LogP contribution in [0.1, 0.15) is 11.3 Å². The van der Waals surface area contributed by atoms with Gasteiger partial charge in [-0.3, -0.25) is 4.98 Å². The summed E-state index contributed by atoms with van der Waals surface area (Å²) in [4.78, 5) is 7.23. The minimum atomic E-state index is -0.403. The molecule has 0 unspecified atom stereocenters. The number of isothiocyanates is 1. The minimum Gasteiger partial charge on any atom is -0.260 e. The van der Waals surface area contributed by atoms with Crippen molar-refractivity contribution in [2.24, 2.45) is 4.99 Å². The van der Waals surface area contributed by atoms with Crippen LogP contribution in [0.5, 0.6) is 0 Å². The fourth-order valence-electron chi connectivity index (χ4n) is 0.729. The summed E-state index contributed by atoms with van der Waals surface area (Å²) in [6.45, 7) is 1.70. The maximum Gasteiger partial charge on any atom is 0.142 e. The van der Waals surface area contributed by atoms with E-state index in [1.165, 1.54) is 12.3 Å². The number of thiocarbonyl (C=S) groups is 1. The molecule has 0 spiro atoms. The van der Waals surface area contributed by atoms with Crippen molar-refractivity contribution in [2.45, 2.75) is 6.92 Å². The standard InChI is InChI=1S/C9H5FN2S/c1-7-4-9(10)8(5-12-7)2-3-11-6-13/h4-5H,1H3. The number of halogens is 1. The van der Waals surface area contributed by atoms with Crippen molar-refractivity contribution >= 4 is 17.4 Å². The first-order valence-corrected chi connectivity index (χ1v) is 3.85. The SMILES string of the molecule is Cc1cc(F)c(C#CN=C=S)cn1. The molecular formula is C9H5FN2S. The molecule has 1 aromatic rings. The third kappa shape index (κ3) is 2.75. The largest absolute Gasteiger partial charge is 0.260 e. The van der Waals surface area contributed by atoms with Crippen LogP contribution in [0.4, 0.5) is 4.39 Å². The summed E-state index contributed by atoms with van der Waals surface area (Å²) in [5.74, 6) is 2.05. The monoisotopic (exact) mass is 192 g/mol. The molecule has 0 saturated heterocycles. The van der Waals surface area contributed by atoms with Crippen LogP contribution in [0.15, 0.2) is 17.3 Å². The van der Waals surface area contributed by atoms with E-state index < -0.39 is 5.82 Å². The van der Waals surface area contributed by atoms with Crippen molar-refractivity contribution in [1.82, 2.24) is 4.98 Å². The van der Waals surface area contributed by atoms with Crippen LogP contribution in [-0.4, -0.2) is 10.1 Å². The summed E-state index contributed by atoms with van der Waals surface area (Å²) in [6, 6.07) is 3.60. The van der Waals surface area contributed by atoms with Gasteiger partial charge in [0, 0.05) is 11.9 Å². The molecule has 1 aromatic heterocycles. The lowest BCUT2D eigenvalue weighted by molar-refractivity contribution is 0.620. The quantitative estimate of drug-likeness (QED) is 0.356. The van der Waals surface area contributed by atoms with Crippen LogP contribution in [0.2, 0.25) is 0 Å². The second kappa shape index (κ2) is 4.46. The Balaban J connectivity index is 3.04. The lowest BCUT2D eigenvalue weighted by atomic mass is 10.2. The number of hydrogen-bond acceptors (Lipinski definition) is 3. The highest BCUT2D eigenvalue weighted by Crippen LogP contribution is 2.04. The second-order valence-electron chi connectivity index (χ2n) is 2.25. The number of aliphatic imine (C=N–C) groups is 1. The van der Waals surface area contributed by atoms with Crippen molar-refractivity contribution in [3.63, 3.8) is 0 Å². The topological polar surface area (TPSA) is 25.2 Å². The van der Waals surface area contributed by atoms with Crippen molar-refractivity contribution in [1.29, 1.82) is 0 Å². The van der Waals surface area contributed by atoms with E-state index in [9.17, 15) is 4.39 Å². The van der Waals surface area contributed by atoms with Crippen molar-refractivity contribution in [3.8, 4) is 12.0 Å². The highest BCUT2D eigenvalue weighted by atomic mass is 32.1. The predicted molar refractivity (Wildman–Crippen MR) is 50.8 cm³/mol. The van der Waals surface area contributed by atoms with Gasteiger partial charge in [-0.2, -0.15) is 0 Å². The molecule has 4 heteroatoms. The zero-order valence-corrected chi connectivity index (χ0v) is 7.65. The lowest BCUT2D eigenvalue weighted by Crippen LogP contribution is -1.88. The number of aromatic nitrogens is 1. The molecule has 0 aromatic carbocycles. The molecule has 0 N–H and O–H groups in total. The van der Waals surface area contributed by atoms with Gasteiger partial charge in [-0.25, -0.2) is 4.39 Å². The van der Waals surface area contributed by atoms with Gasteiger partial charge in [0.15, 0.2) is 0 Å². The molecule has 0 atom stereocenters. The molecule has 0 saturated carbocycles. The molecule has 13 heavy (non-hydrogen) atoms. The maximum atomic E-state index is 13.0. The summed E-state index contributed by atoms with van der Waals surface area (Å²) in [7, 11) is 0. The first kappa shape index (κ1) is 9.53. The fourth-order valence-corrected chi connectivity index (χ4v) is 0.775. The van der Waals surface area contributed by atoms with Gasteiger partial charge in [-0.15, -0.1) is 4.99 Å². The van der Waals surface area contributed by atoms with Gasteiger partial charge in [0.2, 0.25) is 0 Å². The van der Waals surface area contributed by atoms with Crippen LogP contribution >= 0.6 is 12.2 Å². The summed E-state index contributed by atoms with van der Waals surface area (Å²) >= 11 is 4.29. The predicted octanol–water partition coefficient (Wildman–Crippen LogP) is 1.94. The van der Waals surface area contributed by atoms with Gasteiger partial charge in [-0.05, 0) is 31.1 Å². The van der Waals surface area contributed by atoms with Crippen molar-refractivity contribution < 1.29 is 4.39 Å². The summed E-state index contributed by atoms with van der Waals surface area (Å²) < 4.78 is 13.0. The second-order valence-corrected chi connectivity index (χ2v) is 2.43. The van der Waals surface area contributed by atoms with E-state index in [0.29, 0.717) is 5.69 Å². The molecular weight excluding hydrogens is 187 g/mol. The minimum absolute atomic E-state index is 0.208. The molecule has 0 amide bonds. The van der Waals surface area contributed by atoms with Gasteiger partial charge in [-0.1, -0.05) is 0 Å². The Bertz CT molecular complexity index is 425. The van der Waals surface area contributed by atoms with E-state index in [1.807, 2.05) is 0 Å². The van der Waals surface area contributed by atoms with Crippen molar-refractivity contribution in [2.75, 3.05) is 0 Å². The number of pyridine rings is 1. The van der Waals surface area contributed by atoms with Crippen LogP contribution in [0.25, 0.3) is 0 Å². The fraction of sp³-hybridized carbons (Fsp3) is 0.111. The number of nitrogens with zero attached hydrogens (tertiary/aromatic N) is 2. The van der Waals surface area contributed by atoms with Gasteiger partial charge < -0.3 is 0 Å². The Kier molecular flexibility index (Phi) is 3.27. The zero-order chi connectivity index (χ0) is 9.68. The summed E-state index contributed by atoms with van der Waals surface area (Å²) in [5, 5.41) is 2.06. The Morgan fingerprint density at radius 3 is 3.00 bits per heavy atom. The lowest BCUT2D eigenvalue weighted by Gasteiger charge is -1.93. The molecule has 0 bridgehead atoms. The van der Waals surface area contributed by atoms with E-state index in [-0.39, 0.29) is 5.56 Å². The molecule has 64 valence electrons. The smallest absolute Gasteiger partial charge is 0.142 e. The Morgan fingerprint density at radius 1 is 1.62 bits per heavy atom. The Labute approximate surface area is 80.5 Å². The van der Waals surface area contributed by atoms with E-state index in [4.69, 9.17) is 0 Å². The van der Waals surface area contributed by atoms with Crippen molar-refractivity contribution in [3.05, 3.63) is 29.3 Å². The van der Waals surface area contributed by atoms with Gasteiger partial charge in [0.25, 0.3) is 0 Å². The molecule has 0 radical (unpaired) electrons. The highest BCUT2D eigenvalue weighted by Gasteiger charge is 1.98. The molecule has 0 aliphatic heterocycles. The van der Waals surface area contributed by atoms with Gasteiger partial charge in [0.1, 0.15) is 5.82 Å². The molecule has 0 aliphatic rings. The first-order chi connectivity index (χ1) is 6.24. The average molecular weight is 192 g/mol. The Morgan fingerprint density at radius 2 is 2.38 bits per heavy atom. The molecule has 1 rings (SSSR count). The number of aryl methyl sites for hydroxylation is 1. The molecule has 0 fully saturated rings. The molecule has 1 heterocycles. The summed E-state index contributed by atoms with van der Waals surface area (Å²) in [5.41, 5.74) is 0.820. The van der Waals surface area contributed by atoms with Crippen LogP contribution < -0.4 is 0 Å². The van der Waals surface area contributed by atoms with Crippen LogP contribution in [0, 0.1) is 24.7 Å². The third-order valence-corrected chi connectivity index (χ3v) is 1.37. The number of rotatable bonds is 0. The molecule has 0 aliphatic carbocycles. The number of hydrogen-bond donors (Lipinski definition) is 0. The van der Waals surface area contributed by atoms with Gasteiger partial charge >= 0.3 is 0 Å². The van der Waals surface area contributed by atoms with E-state index in [2.05, 4.69) is 39.3 Å².